The minimum Gasteiger partial charge on any atom is -0.376 e. The number of rotatable bonds is 7. The lowest BCUT2D eigenvalue weighted by Gasteiger charge is -2.22. The molecule has 2 aromatic heterocycles. The van der Waals surface area contributed by atoms with Crippen LogP contribution in [0.4, 0.5) is 0 Å². The molecule has 0 bridgehead atoms. The van der Waals surface area contributed by atoms with E-state index in [0.717, 1.165) is 62.0 Å². The quantitative estimate of drug-likeness (QED) is 0.551. The van der Waals surface area contributed by atoms with E-state index in [-0.39, 0.29) is 23.5 Å². The molecule has 1 saturated heterocycles. The molecule has 1 aliphatic heterocycles. The predicted molar refractivity (Wildman–Crippen MR) is 111 cm³/mol. The van der Waals surface area contributed by atoms with Gasteiger partial charge in [0, 0.05) is 36.8 Å². The molecule has 1 amide bonds. The summed E-state index contributed by atoms with van der Waals surface area (Å²) in [5.74, 6) is 0.220. The van der Waals surface area contributed by atoms with Gasteiger partial charge in [-0.2, -0.15) is 4.98 Å². The third-order valence-corrected chi connectivity index (χ3v) is 6.45. The minimum absolute atomic E-state index is 0.0437. The Balaban J connectivity index is 1.46. The summed E-state index contributed by atoms with van der Waals surface area (Å²) in [6.45, 7) is 1.84. The van der Waals surface area contributed by atoms with E-state index in [0.29, 0.717) is 18.1 Å². The van der Waals surface area contributed by atoms with Crippen molar-refractivity contribution in [2.75, 3.05) is 18.9 Å². The van der Waals surface area contributed by atoms with Gasteiger partial charge in [-0.3, -0.25) is 14.3 Å². The molecule has 4 rings (SSSR count). The Morgan fingerprint density at radius 2 is 2.07 bits per heavy atom. The molecule has 2 aromatic rings. The molecule has 29 heavy (non-hydrogen) atoms. The van der Waals surface area contributed by atoms with E-state index < -0.39 is 0 Å². The smallest absolute Gasteiger partial charge is 0.349 e. The lowest BCUT2D eigenvalue weighted by atomic mass is 9.97. The fourth-order valence-electron chi connectivity index (χ4n) is 3.92. The summed E-state index contributed by atoms with van der Waals surface area (Å²) in [6, 6.07) is 3.84. The van der Waals surface area contributed by atoms with Crippen molar-refractivity contribution in [1.29, 1.82) is 0 Å². The Morgan fingerprint density at radius 1 is 1.24 bits per heavy atom. The first-order valence-electron chi connectivity index (χ1n) is 10.2. The Bertz CT molecular complexity index is 910. The summed E-state index contributed by atoms with van der Waals surface area (Å²) in [5.41, 5.74) is 2.98. The standard InChI is InChI=1S/C21H26N4O3S/c26-19(23-12-16-4-3-11-28-16)14-29-20-17-5-1-2-6-18(17)25(21(27)24-20)13-15-7-9-22-10-8-15/h7-10,16H,1-6,11-14H2,(H,23,26)/t16-/m1/s1. The van der Waals surface area contributed by atoms with Crippen LogP contribution in [0, 0.1) is 0 Å². The average molecular weight is 415 g/mol. The largest absolute Gasteiger partial charge is 0.376 e. The number of pyridine rings is 1. The van der Waals surface area contributed by atoms with Crippen LogP contribution in [0.15, 0.2) is 34.3 Å². The van der Waals surface area contributed by atoms with Crippen molar-refractivity contribution in [2.24, 2.45) is 0 Å². The Morgan fingerprint density at radius 3 is 2.86 bits per heavy atom. The van der Waals surface area contributed by atoms with Gasteiger partial charge in [-0.05, 0) is 56.2 Å². The number of fused-ring (bicyclic) bond motifs is 1. The highest BCUT2D eigenvalue weighted by atomic mass is 32.2. The van der Waals surface area contributed by atoms with Crippen LogP contribution in [0.2, 0.25) is 0 Å². The van der Waals surface area contributed by atoms with Gasteiger partial charge in [-0.25, -0.2) is 4.79 Å². The molecule has 0 spiro atoms. The lowest BCUT2D eigenvalue weighted by Crippen LogP contribution is -2.33. The number of thioether (sulfide) groups is 1. The number of hydrogen-bond donors (Lipinski definition) is 1. The highest BCUT2D eigenvalue weighted by Gasteiger charge is 2.22. The van der Waals surface area contributed by atoms with E-state index in [4.69, 9.17) is 4.74 Å². The van der Waals surface area contributed by atoms with E-state index in [1.165, 1.54) is 11.8 Å². The van der Waals surface area contributed by atoms with Gasteiger partial charge in [-0.15, -0.1) is 0 Å². The molecular formula is C21H26N4O3S. The summed E-state index contributed by atoms with van der Waals surface area (Å²) in [4.78, 5) is 33.4. The molecule has 0 saturated carbocycles. The Hall–Kier alpha value is -2.19. The summed E-state index contributed by atoms with van der Waals surface area (Å²) >= 11 is 1.37. The number of hydrogen-bond acceptors (Lipinski definition) is 6. The maximum Gasteiger partial charge on any atom is 0.349 e. The van der Waals surface area contributed by atoms with Gasteiger partial charge in [0.15, 0.2) is 0 Å². The fourth-order valence-corrected chi connectivity index (χ4v) is 4.83. The number of aromatic nitrogens is 3. The van der Waals surface area contributed by atoms with E-state index in [9.17, 15) is 9.59 Å². The Labute approximate surface area is 174 Å². The topological polar surface area (TPSA) is 86.1 Å². The number of carbonyl (C=O) groups is 1. The van der Waals surface area contributed by atoms with Crippen LogP contribution >= 0.6 is 11.8 Å². The molecule has 1 fully saturated rings. The van der Waals surface area contributed by atoms with Crippen LogP contribution in [0.5, 0.6) is 0 Å². The van der Waals surface area contributed by atoms with Gasteiger partial charge in [0.2, 0.25) is 5.91 Å². The summed E-state index contributed by atoms with van der Waals surface area (Å²) in [7, 11) is 0. The first-order chi connectivity index (χ1) is 14.2. The van der Waals surface area contributed by atoms with Crippen molar-refractivity contribution in [3.05, 3.63) is 51.8 Å². The molecule has 1 aliphatic carbocycles. The lowest BCUT2D eigenvalue weighted by molar-refractivity contribution is -0.119. The third kappa shape index (κ3) is 5.05. The van der Waals surface area contributed by atoms with Crippen molar-refractivity contribution in [3.8, 4) is 0 Å². The van der Waals surface area contributed by atoms with Gasteiger partial charge >= 0.3 is 5.69 Å². The zero-order chi connectivity index (χ0) is 20.1. The number of carbonyl (C=O) groups excluding carboxylic acids is 1. The molecule has 3 heterocycles. The highest BCUT2D eigenvalue weighted by molar-refractivity contribution is 7.99. The van der Waals surface area contributed by atoms with Gasteiger partial charge in [0.05, 0.1) is 18.4 Å². The molecule has 154 valence electrons. The van der Waals surface area contributed by atoms with Gasteiger partial charge in [0.1, 0.15) is 5.03 Å². The maximum absolute atomic E-state index is 12.8. The number of ether oxygens (including phenoxy) is 1. The van der Waals surface area contributed by atoms with Crippen LogP contribution in [-0.4, -0.2) is 45.5 Å². The molecule has 1 N–H and O–H groups in total. The molecule has 7 nitrogen and oxygen atoms in total. The van der Waals surface area contributed by atoms with Gasteiger partial charge in [-0.1, -0.05) is 11.8 Å². The second kappa shape index (κ2) is 9.54. The van der Waals surface area contributed by atoms with Crippen LogP contribution in [0.3, 0.4) is 0 Å². The molecule has 2 aliphatic rings. The van der Waals surface area contributed by atoms with Crippen LogP contribution < -0.4 is 11.0 Å². The molecular weight excluding hydrogens is 388 g/mol. The van der Waals surface area contributed by atoms with Crippen molar-refractivity contribution >= 4 is 17.7 Å². The summed E-state index contributed by atoms with van der Waals surface area (Å²) in [5, 5.41) is 3.64. The van der Waals surface area contributed by atoms with E-state index >= 15 is 0 Å². The predicted octanol–water partition coefficient (Wildman–Crippen LogP) is 1.95. The number of amides is 1. The molecule has 8 heteroatoms. The van der Waals surface area contributed by atoms with Crippen molar-refractivity contribution in [3.63, 3.8) is 0 Å². The molecule has 0 unspecified atom stereocenters. The van der Waals surface area contributed by atoms with Crippen molar-refractivity contribution in [2.45, 2.75) is 56.2 Å². The maximum atomic E-state index is 12.8. The van der Waals surface area contributed by atoms with Crippen molar-refractivity contribution < 1.29 is 9.53 Å². The van der Waals surface area contributed by atoms with Crippen LogP contribution in [0.1, 0.15) is 42.5 Å². The molecule has 0 radical (unpaired) electrons. The van der Waals surface area contributed by atoms with E-state index in [1.807, 2.05) is 12.1 Å². The summed E-state index contributed by atoms with van der Waals surface area (Å²) in [6.07, 6.45) is 9.58. The third-order valence-electron chi connectivity index (χ3n) is 5.43. The van der Waals surface area contributed by atoms with E-state index in [1.54, 1.807) is 17.0 Å². The normalized spacial score (nSPS) is 18.4. The van der Waals surface area contributed by atoms with Gasteiger partial charge < -0.3 is 10.1 Å². The number of nitrogens with zero attached hydrogens (tertiary/aromatic N) is 3. The van der Waals surface area contributed by atoms with E-state index in [2.05, 4.69) is 15.3 Å². The molecule has 1 atom stereocenters. The average Bonchev–Trinajstić information content (AvgIpc) is 3.27. The Kier molecular flexibility index (Phi) is 6.61. The molecule has 0 aromatic carbocycles. The zero-order valence-corrected chi connectivity index (χ0v) is 17.2. The fraction of sp³-hybridized carbons (Fsp3) is 0.524. The van der Waals surface area contributed by atoms with Crippen molar-refractivity contribution in [1.82, 2.24) is 19.9 Å². The second-order valence-corrected chi connectivity index (χ2v) is 8.47. The van der Waals surface area contributed by atoms with Crippen LogP contribution in [0.25, 0.3) is 0 Å². The highest BCUT2D eigenvalue weighted by Crippen LogP contribution is 2.28. The minimum atomic E-state index is -0.246. The van der Waals surface area contributed by atoms with Gasteiger partial charge in [0.25, 0.3) is 0 Å². The monoisotopic (exact) mass is 414 g/mol. The summed E-state index contributed by atoms with van der Waals surface area (Å²) < 4.78 is 7.32. The van der Waals surface area contributed by atoms with Crippen LogP contribution in [-0.2, 0) is 28.9 Å². The first-order valence-corrected chi connectivity index (χ1v) is 11.2. The number of nitrogens with one attached hydrogen (secondary N) is 1. The zero-order valence-electron chi connectivity index (χ0n) is 16.4. The SMILES string of the molecule is O=C(CSc1nc(=O)n(Cc2ccncc2)c2c1CCCC2)NC[C@H]1CCCO1. The first kappa shape index (κ1) is 20.1. The second-order valence-electron chi connectivity index (χ2n) is 7.50.